The van der Waals surface area contributed by atoms with Crippen molar-refractivity contribution in [3.63, 3.8) is 0 Å². The van der Waals surface area contributed by atoms with Crippen LogP contribution in [0.2, 0.25) is 0 Å². The summed E-state index contributed by atoms with van der Waals surface area (Å²) in [5, 5.41) is 2.90. The highest BCUT2D eigenvalue weighted by Gasteiger charge is 2.00. The van der Waals surface area contributed by atoms with E-state index in [1.54, 1.807) is 19.3 Å². The van der Waals surface area contributed by atoms with Gasteiger partial charge in [-0.2, -0.15) is 0 Å². The normalized spacial score (nSPS) is 10.7. The third-order valence-corrected chi connectivity index (χ3v) is 3.49. The lowest BCUT2D eigenvalue weighted by molar-refractivity contribution is -0.116. The summed E-state index contributed by atoms with van der Waals surface area (Å²) in [7, 11) is 1.63. The van der Waals surface area contributed by atoms with Crippen LogP contribution in [0.15, 0.2) is 48.5 Å². The minimum Gasteiger partial charge on any atom is -0.497 e. The second-order valence-electron chi connectivity index (χ2n) is 5.25. The Labute approximate surface area is 131 Å². The number of carbonyl (C=O) groups excluding carboxylic acids is 1. The topological polar surface area (TPSA) is 38.3 Å². The molecule has 0 saturated heterocycles. The van der Waals surface area contributed by atoms with Crippen molar-refractivity contribution in [3.05, 3.63) is 70.8 Å². The fourth-order valence-electron chi connectivity index (χ4n) is 2.17. The third-order valence-electron chi connectivity index (χ3n) is 3.49. The van der Waals surface area contributed by atoms with E-state index in [2.05, 4.69) is 37.4 Å². The third kappa shape index (κ3) is 4.48. The van der Waals surface area contributed by atoms with E-state index in [1.165, 1.54) is 11.1 Å². The van der Waals surface area contributed by atoms with Gasteiger partial charge in [-0.25, -0.2) is 0 Å². The molecule has 3 heteroatoms. The van der Waals surface area contributed by atoms with Crippen molar-refractivity contribution in [2.75, 3.05) is 7.11 Å². The fraction of sp³-hybridized carbons (Fsp3) is 0.211. The molecule has 2 aromatic carbocycles. The number of hydrogen-bond donors (Lipinski definition) is 1. The SMILES string of the molecule is COc1ccc(/C=C/C(=O)NCc2ccc(C)cc2C)cc1. The minimum absolute atomic E-state index is 0.101. The summed E-state index contributed by atoms with van der Waals surface area (Å²) in [5.74, 6) is 0.701. The Morgan fingerprint density at radius 1 is 1.14 bits per heavy atom. The summed E-state index contributed by atoms with van der Waals surface area (Å²) in [4.78, 5) is 11.9. The standard InChI is InChI=1S/C19H21NO2/c1-14-4-8-17(15(2)12-14)13-20-19(21)11-7-16-5-9-18(22-3)10-6-16/h4-12H,13H2,1-3H3,(H,20,21)/b11-7+. The molecule has 0 saturated carbocycles. The van der Waals surface area contributed by atoms with E-state index in [4.69, 9.17) is 4.74 Å². The molecule has 3 nitrogen and oxygen atoms in total. The molecule has 1 N–H and O–H groups in total. The van der Waals surface area contributed by atoms with Crippen molar-refractivity contribution in [3.8, 4) is 5.75 Å². The molecule has 0 aromatic heterocycles. The first-order chi connectivity index (χ1) is 10.6. The van der Waals surface area contributed by atoms with Gasteiger partial charge in [0.1, 0.15) is 5.75 Å². The molecule has 22 heavy (non-hydrogen) atoms. The predicted octanol–water partition coefficient (Wildman–Crippen LogP) is 3.64. The van der Waals surface area contributed by atoms with Crippen LogP contribution in [0.3, 0.4) is 0 Å². The van der Waals surface area contributed by atoms with Crippen molar-refractivity contribution in [2.45, 2.75) is 20.4 Å². The Balaban J connectivity index is 1.90. The molecule has 0 aliphatic carbocycles. The summed E-state index contributed by atoms with van der Waals surface area (Å²) in [5.41, 5.74) is 4.52. The summed E-state index contributed by atoms with van der Waals surface area (Å²) in [6, 6.07) is 13.8. The number of amides is 1. The Hall–Kier alpha value is -2.55. The molecule has 2 aromatic rings. The first-order valence-electron chi connectivity index (χ1n) is 7.24. The molecule has 0 aliphatic heterocycles. The van der Waals surface area contributed by atoms with Gasteiger partial charge < -0.3 is 10.1 Å². The van der Waals surface area contributed by atoms with Crippen molar-refractivity contribution in [1.29, 1.82) is 0 Å². The highest BCUT2D eigenvalue weighted by Crippen LogP contribution is 2.12. The van der Waals surface area contributed by atoms with Gasteiger partial charge in [0.2, 0.25) is 5.91 Å². The van der Waals surface area contributed by atoms with Gasteiger partial charge in [0.25, 0.3) is 0 Å². The Bertz CT molecular complexity index is 672. The monoisotopic (exact) mass is 295 g/mol. The van der Waals surface area contributed by atoms with Gasteiger partial charge in [0, 0.05) is 12.6 Å². The van der Waals surface area contributed by atoms with E-state index in [-0.39, 0.29) is 5.91 Å². The molecular weight excluding hydrogens is 274 g/mol. The molecule has 1 amide bonds. The number of benzene rings is 2. The molecule has 0 spiro atoms. The average molecular weight is 295 g/mol. The summed E-state index contributed by atoms with van der Waals surface area (Å²) in [6.07, 6.45) is 3.34. The van der Waals surface area contributed by atoms with Crippen LogP contribution < -0.4 is 10.1 Å². The lowest BCUT2D eigenvalue weighted by atomic mass is 10.1. The Morgan fingerprint density at radius 2 is 1.86 bits per heavy atom. The Morgan fingerprint density at radius 3 is 2.50 bits per heavy atom. The number of nitrogens with one attached hydrogen (secondary N) is 1. The van der Waals surface area contributed by atoms with Gasteiger partial charge in [0.15, 0.2) is 0 Å². The van der Waals surface area contributed by atoms with Crippen LogP contribution in [-0.2, 0) is 11.3 Å². The molecule has 0 radical (unpaired) electrons. The van der Waals surface area contributed by atoms with E-state index >= 15 is 0 Å². The summed E-state index contributed by atoms with van der Waals surface area (Å²) in [6.45, 7) is 4.66. The summed E-state index contributed by atoms with van der Waals surface area (Å²) >= 11 is 0. The Kier molecular flexibility index (Phi) is 5.37. The first kappa shape index (κ1) is 15.8. The first-order valence-corrected chi connectivity index (χ1v) is 7.24. The minimum atomic E-state index is -0.101. The molecule has 0 heterocycles. The molecule has 0 fully saturated rings. The molecular formula is C19H21NO2. The summed E-state index contributed by atoms with van der Waals surface area (Å²) < 4.78 is 5.10. The molecule has 0 unspecified atom stereocenters. The second-order valence-corrected chi connectivity index (χ2v) is 5.25. The number of methoxy groups -OCH3 is 1. The van der Waals surface area contributed by atoms with Crippen LogP contribution >= 0.6 is 0 Å². The lowest BCUT2D eigenvalue weighted by Gasteiger charge is -2.07. The van der Waals surface area contributed by atoms with Gasteiger partial charge in [-0.05, 0) is 48.7 Å². The van der Waals surface area contributed by atoms with Crippen LogP contribution in [0.4, 0.5) is 0 Å². The molecule has 114 valence electrons. The van der Waals surface area contributed by atoms with E-state index in [9.17, 15) is 4.79 Å². The van der Waals surface area contributed by atoms with Gasteiger partial charge in [-0.1, -0.05) is 35.9 Å². The zero-order valence-electron chi connectivity index (χ0n) is 13.2. The quantitative estimate of drug-likeness (QED) is 0.855. The molecule has 2 rings (SSSR count). The van der Waals surface area contributed by atoms with Crippen LogP contribution in [-0.4, -0.2) is 13.0 Å². The van der Waals surface area contributed by atoms with Crippen molar-refractivity contribution >= 4 is 12.0 Å². The number of carbonyl (C=O) groups is 1. The largest absolute Gasteiger partial charge is 0.497 e. The molecule has 0 aliphatic rings. The van der Waals surface area contributed by atoms with Gasteiger partial charge >= 0.3 is 0 Å². The van der Waals surface area contributed by atoms with Gasteiger partial charge in [0.05, 0.1) is 7.11 Å². The van der Waals surface area contributed by atoms with Crippen molar-refractivity contribution in [1.82, 2.24) is 5.32 Å². The average Bonchev–Trinajstić information content (AvgIpc) is 2.52. The molecule has 0 atom stereocenters. The number of ether oxygens (including phenoxy) is 1. The van der Waals surface area contributed by atoms with E-state index < -0.39 is 0 Å². The van der Waals surface area contributed by atoms with Crippen LogP contribution in [0.5, 0.6) is 5.75 Å². The van der Waals surface area contributed by atoms with Gasteiger partial charge in [-0.15, -0.1) is 0 Å². The zero-order valence-corrected chi connectivity index (χ0v) is 13.2. The smallest absolute Gasteiger partial charge is 0.244 e. The van der Waals surface area contributed by atoms with Crippen molar-refractivity contribution < 1.29 is 9.53 Å². The maximum Gasteiger partial charge on any atom is 0.244 e. The number of rotatable bonds is 5. The van der Waals surface area contributed by atoms with E-state index in [0.29, 0.717) is 6.54 Å². The van der Waals surface area contributed by atoms with Crippen molar-refractivity contribution in [2.24, 2.45) is 0 Å². The number of hydrogen-bond acceptors (Lipinski definition) is 2. The van der Waals surface area contributed by atoms with Crippen LogP contribution in [0.1, 0.15) is 22.3 Å². The van der Waals surface area contributed by atoms with E-state index in [0.717, 1.165) is 16.9 Å². The van der Waals surface area contributed by atoms with Crippen LogP contribution in [0.25, 0.3) is 6.08 Å². The highest BCUT2D eigenvalue weighted by atomic mass is 16.5. The molecule has 0 bridgehead atoms. The van der Waals surface area contributed by atoms with Gasteiger partial charge in [-0.3, -0.25) is 4.79 Å². The second kappa shape index (κ2) is 7.46. The number of aryl methyl sites for hydroxylation is 2. The maximum absolute atomic E-state index is 11.9. The predicted molar refractivity (Wildman–Crippen MR) is 89.8 cm³/mol. The lowest BCUT2D eigenvalue weighted by Crippen LogP contribution is -2.20. The highest BCUT2D eigenvalue weighted by molar-refractivity contribution is 5.91. The van der Waals surface area contributed by atoms with Crippen LogP contribution in [0, 0.1) is 13.8 Å². The fourth-order valence-corrected chi connectivity index (χ4v) is 2.17. The zero-order chi connectivity index (χ0) is 15.9. The van der Waals surface area contributed by atoms with E-state index in [1.807, 2.05) is 24.3 Å². The maximum atomic E-state index is 11.9.